The molecule has 0 aromatic heterocycles. The maximum Gasteiger partial charge on any atom is 0.306 e. The Bertz CT molecular complexity index is 1480. The molecule has 0 bridgehead atoms. The topological polar surface area (TPSA) is 78.9 Å². The molecule has 0 spiro atoms. The molecule has 0 aliphatic carbocycles. The molecule has 0 fully saturated rings. The summed E-state index contributed by atoms with van der Waals surface area (Å²) >= 11 is 0. The van der Waals surface area contributed by atoms with Gasteiger partial charge < -0.3 is 14.2 Å². The monoisotopic (exact) mass is 1090 g/mol. The number of rotatable bonds is 61. The zero-order chi connectivity index (χ0) is 56.4. The third kappa shape index (κ3) is 63.4. The molecule has 0 heterocycles. The lowest BCUT2D eigenvalue weighted by molar-refractivity contribution is -0.167. The summed E-state index contributed by atoms with van der Waals surface area (Å²) in [4.78, 5) is 38.2. The lowest BCUT2D eigenvalue weighted by Gasteiger charge is -2.18. The fraction of sp³-hybridized carbons (Fsp3) is 0.764. The molecular weight excluding hydrogens is 961 g/mol. The van der Waals surface area contributed by atoms with Crippen LogP contribution in [0, 0.1) is 0 Å². The van der Waals surface area contributed by atoms with Crippen LogP contribution >= 0.6 is 0 Å². The Morgan fingerprint density at radius 3 is 0.885 bits per heavy atom. The zero-order valence-electron chi connectivity index (χ0n) is 51.7. The highest BCUT2D eigenvalue weighted by molar-refractivity contribution is 5.71. The molecular formula is C72H126O6. The first kappa shape index (κ1) is 74.6. The summed E-state index contributed by atoms with van der Waals surface area (Å²) in [5.74, 6) is -0.960. The number of hydrogen-bond donors (Lipinski definition) is 0. The second-order valence-corrected chi connectivity index (χ2v) is 22.3. The highest BCUT2D eigenvalue weighted by atomic mass is 16.6. The molecule has 0 aromatic carbocycles. The van der Waals surface area contributed by atoms with E-state index in [2.05, 4.69) is 106 Å². The number of ether oxygens (including phenoxy) is 3. The Labute approximate surface area is 484 Å². The number of allylic oxidation sites excluding steroid dienone is 14. The minimum Gasteiger partial charge on any atom is -0.462 e. The van der Waals surface area contributed by atoms with Crippen molar-refractivity contribution in [2.24, 2.45) is 0 Å². The molecule has 0 aliphatic heterocycles. The van der Waals surface area contributed by atoms with Crippen molar-refractivity contribution in [1.82, 2.24) is 0 Å². The fourth-order valence-electron chi connectivity index (χ4n) is 9.60. The molecule has 0 saturated heterocycles. The van der Waals surface area contributed by atoms with Crippen molar-refractivity contribution < 1.29 is 28.6 Å². The average molecular weight is 1090 g/mol. The number of carbonyl (C=O) groups excluding carboxylic acids is 3. The van der Waals surface area contributed by atoms with Crippen LogP contribution in [0.1, 0.15) is 335 Å². The van der Waals surface area contributed by atoms with Gasteiger partial charge in [-0.25, -0.2) is 0 Å². The van der Waals surface area contributed by atoms with Gasteiger partial charge in [-0.05, 0) is 103 Å². The van der Waals surface area contributed by atoms with Crippen LogP contribution in [0.15, 0.2) is 85.1 Å². The van der Waals surface area contributed by atoms with Crippen molar-refractivity contribution in [2.45, 2.75) is 341 Å². The first-order valence-electron chi connectivity index (χ1n) is 33.6. The Kier molecular flexibility index (Phi) is 63.2. The highest BCUT2D eigenvalue weighted by Crippen LogP contribution is 2.17. The van der Waals surface area contributed by atoms with Crippen LogP contribution in [0.25, 0.3) is 0 Å². The van der Waals surface area contributed by atoms with Crippen molar-refractivity contribution in [1.29, 1.82) is 0 Å². The van der Waals surface area contributed by atoms with E-state index >= 15 is 0 Å². The fourth-order valence-corrected chi connectivity index (χ4v) is 9.60. The Morgan fingerprint density at radius 1 is 0.269 bits per heavy atom. The molecule has 0 radical (unpaired) electrons. The minimum absolute atomic E-state index is 0.0996. The van der Waals surface area contributed by atoms with Crippen LogP contribution in [0.3, 0.4) is 0 Å². The van der Waals surface area contributed by atoms with Crippen LogP contribution < -0.4 is 0 Å². The zero-order valence-corrected chi connectivity index (χ0v) is 51.7. The van der Waals surface area contributed by atoms with Crippen molar-refractivity contribution in [2.75, 3.05) is 13.2 Å². The van der Waals surface area contributed by atoms with Crippen LogP contribution in [0.2, 0.25) is 0 Å². The van der Waals surface area contributed by atoms with Gasteiger partial charge in [0, 0.05) is 19.3 Å². The van der Waals surface area contributed by atoms with Gasteiger partial charge in [-0.3, -0.25) is 14.4 Å². The van der Waals surface area contributed by atoms with Gasteiger partial charge in [0.25, 0.3) is 0 Å². The number of carbonyl (C=O) groups is 3. The van der Waals surface area contributed by atoms with E-state index < -0.39 is 6.10 Å². The van der Waals surface area contributed by atoms with E-state index in [0.717, 1.165) is 96.3 Å². The Hall–Kier alpha value is -3.41. The number of esters is 3. The first-order valence-corrected chi connectivity index (χ1v) is 33.6. The average Bonchev–Trinajstić information content (AvgIpc) is 3.44. The van der Waals surface area contributed by atoms with Crippen molar-refractivity contribution in [3.05, 3.63) is 85.1 Å². The number of hydrogen-bond acceptors (Lipinski definition) is 6. The smallest absolute Gasteiger partial charge is 0.306 e. The van der Waals surface area contributed by atoms with E-state index in [0.29, 0.717) is 19.3 Å². The highest BCUT2D eigenvalue weighted by Gasteiger charge is 2.19. The predicted octanol–water partition coefficient (Wildman–Crippen LogP) is 23.1. The minimum atomic E-state index is -0.809. The summed E-state index contributed by atoms with van der Waals surface area (Å²) in [7, 11) is 0. The lowest BCUT2D eigenvalue weighted by Crippen LogP contribution is -2.30. The van der Waals surface area contributed by atoms with E-state index in [-0.39, 0.29) is 37.5 Å². The van der Waals surface area contributed by atoms with Gasteiger partial charge in [0.15, 0.2) is 6.10 Å². The lowest BCUT2D eigenvalue weighted by atomic mass is 10.0. The standard InChI is InChI=1S/C72H126O6/c1-4-7-10-13-16-19-22-24-26-28-29-30-31-32-33-34-35-36-37-38-39-40-41-42-43-45-46-48-50-53-56-59-62-65-71(74)77-68-69(67-76-70(73)64-61-58-55-52-21-18-15-12-9-6-3)78-72(75)66-63-60-57-54-51-49-47-44-27-25-23-20-17-14-11-8-5-2/h8,11-12,15,17,20,25,27-29,47,49,54,57,69H,4-7,9-10,13-14,16,18-19,21-24,26,30-46,48,50-53,55-56,58-68H2,1-3H3/b11-8-,15-12-,20-17-,27-25-,29-28-,49-47-,57-54-. The van der Waals surface area contributed by atoms with Gasteiger partial charge in [-0.15, -0.1) is 0 Å². The van der Waals surface area contributed by atoms with Crippen molar-refractivity contribution >= 4 is 17.9 Å². The summed E-state index contributed by atoms with van der Waals surface area (Å²) in [6, 6.07) is 0. The van der Waals surface area contributed by atoms with E-state index in [1.807, 2.05) is 0 Å². The molecule has 0 rings (SSSR count). The third-order valence-electron chi connectivity index (χ3n) is 14.6. The van der Waals surface area contributed by atoms with Gasteiger partial charge in [-0.2, -0.15) is 0 Å². The second kappa shape index (κ2) is 66.1. The SMILES string of the molecule is CC/C=C\C/C=C\C/C=C\C/C=C\C/C=C\CCCC(=O)OC(COC(=O)CCCCCCC/C=C\CCC)COC(=O)CCCCCCCCCCCCCCCCCCCCCCC/C=C\CCCCCCCCCC. The summed E-state index contributed by atoms with van der Waals surface area (Å²) < 4.78 is 16.8. The molecule has 0 amide bonds. The molecule has 0 aliphatic rings. The van der Waals surface area contributed by atoms with Crippen LogP contribution in [-0.2, 0) is 28.6 Å². The molecule has 1 atom stereocenters. The summed E-state index contributed by atoms with van der Waals surface area (Å²) in [5, 5.41) is 0. The summed E-state index contributed by atoms with van der Waals surface area (Å²) in [6.45, 7) is 6.44. The predicted molar refractivity (Wildman–Crippen MR) is 339 cm³/mol. The van der Waals surface area contributed by atoms with Crippen LogP contribution in [0.4, 0.5) is 0 Å². The molecule has 0 aromatic rings. The Morgan fingerprint density at radius 2 is 0.538 bits per heavy atom. The number of unbranched alkanes of at least 4 members (excludes halogenated alkanes) is 36. The maximum atomic E-state index is 12.8. The molecule has 78 heavy (non-hydrogen) atoms. The van der Waals surface area contributed by atoms with Gasteiger partial charge in [0.1, 0.15) is 13.2 Å². The first-order chi connectivity index (χ1) is 38.5. The van der Waals surface area contributed by atoms with Gasteiger partial charge in [0.2, 0.25) is 0 Å². The van der Waals surface area contributed by atoms with E-state index in [9.17, 15) is 14.4 Å². The molecule has 6 heteroatoms. The maximum absolute atomic E-state index is 12.8. The van der Waals surface area contributed by atoms with Crippen molar-refractivity contribution in [3.8, 4) is 0 Å². The normalized spacial score (nSPS) is 12.6. The molecule has 0 saturated carbocycles. The third-order valence-corrected chi connectivity index (χ3v) is 14.6. The van der Waals surface area contributed by atoms with Gasteiger partial charge in [-0.1, -0.05) is 298 Å². The quantitative estimate of drug-likeness (QED) is 0.0261. The summed E-state index contributed by atoms with van der Waals surface area (Å²) in [5.41, 5.74) is 0. The molecule has 0 N–H and O–H groups in total. The second-order valence-electron chi connectivity index (χ2n) is 22.3. The van der Waals surface area contributed by atoms with Crippen LogP contribution in [0.5, 0.6) is 0 Å². The van der Waals surface area contributed by atoms with E-state index in [4.69, 9.17) is 14.2 Å². The van der Waals surface area contributed by atoms with Gasteiger partial charge in [0.05, 0.1) is 0 Å². The molecule has 1 unspecified atom stereocenters. The molecule has 6 nitrogen and oxygen atoms in total. The van der Waals surface area contributed by atoms with E-state index in [1.54, 1.807) is 0 Å². The molecule has 450 valence electrons. The van der Waals surface area contributed by atoms with Crippen molar-refractivity contribution in [3.63, 3.8) is 0 Å². The summed E-state index contributed by atoms with van der Waals surface area (Å²) in [6.07, 6.45) is 87.9. The van der Waals surface area contributed by atoms with Gasteiger partial charge >= 0.3 is 17.9 Å². The largest absolute Gasteiger partial charge is 0.462 e. The van der Waals surface area contributed by atoms with E-state index in [1.165, 1.54) is 193 Å². The Balaban J connectivity index is 4.11. The van der Waals surface area contributed by atoms with Crippen LogP contribution in [-0.4, -0.2) is 37.2 Å².